The summed E-state index contributed by atoms with van der Waals surface area (Å²) in [6, 6.07) is 8.84. The second kappa shape index (κ2) is 6.83. The minimum absolute atomic E-state index is 0.0121. The zero-order chi connectivity index (χ0) is 14.5. The van der Waals surface area contributed by atoms with Gasteiger partial charge in [0.15, 0.2) is 0 Å². The number of urea groups is 1. The number of nitrogens with one attached hydrogen (secondary N) is 2. The standard InChI is InChI=1S/C17H25N3O/c21-17-18-11-12-20(17)16-10-6-9-15(13-16)19-14-7-4-2-1-3-5-8-14/h6,9-10,13-14,19H,1-5,7-8,11-12H2,(H,18,21). The van der Waals surface area contributed by atoms with Crippen molar-refractivity contribution in [3.05, 3.63) is 24.3 Å². The summed E-state index contributed by atoms with van der Waals surface area (Å²) >= 11 is 0. The van der Waals surface area contributed by atoms with E-state index in [0.717, 1.165) is 24.5 Å². The van der Waals surface area contributed by atoms with E-state index in [1.807, 2.05) is 17.0 Å². The maximum Gasteiger partial charge on any atom is 0.321 e. The Morgan fingerprint density at radius 3 is 2.57 bits per heavy atom. The van der Waals surface area contributed by atoms with Crippen LogP contribution in [-0.2, 0) is 0 Å². The maximum atomic E-state index is 11.8. The van der Waals surface area contributed by atoms with Crippen molar-refractivity contribution in [2.24, 2.45) is 0 Å². The third kappa shape index (κ3) is 3.69. The zero-order valence-corrected chi connectivity index (χ0v) is 12.6. The van der Waals surface area contributed by atoms with Crippen LogP contribution in [0.15, 0.2) is 24.3 Å². The molecule has 21 heavy (non-hydrogen) atoms. The van der Waals surface area contributed by atoms with Gasteiger partial charge in [0.25, 0.3) is 0 Å². The fraction of sp³-hybridized carbons (Fsp3) is 0.588. The first-order chi connectivity index (χ1) is 10.3. The molecule has 3 rings (SSSR count). The van der Waals surface area contributed by atoms with Crippen LogP contribution in [0.5, 0.6) is 0 Å². The van der Waals surface area contributed by atoms with Crippen LogP contribution in [0.2, 0.25) is 0 Å². The fourth-order valence-corrected chi connectivity index (χ4v) is 3.32. The first-order valence-electron chi connectivity index (χ1n) is 8.25. The van der Waals surface area contributed by atoms with Crippen LogP contribution in [-0.4, -0.2) is 25.2 Å². The first kappa shape index (κ1) is 14.2. The van der Waals surface area contributed by atoms with Crippen LogP contribution in [0, 0.1) is 0 Å². The van der Waals surface area contributed by atoms with Gasteiger partial charge in [0, 0.05) is 30.5 Å². The number of hydrogen-bond donors (Lipinski definition) is 2. The van der Waals surface area contributed by atoms with E-state index < -0.39 is 0 Å². The quantitative estimate of drug-likeness (QED) is 0.889. The second-order valence-corrected chi connectivity index (χ2v) is 6.12. The summed E-state index contributed by atoms with van der Waals surface area (Å²) in [5, 5.41) is 6.52. The van der Waals surface area contributed by atoms with E-state index in [9.17, 15) is 4.79 Å². The van der Waals surface area contributed by atoms with E-state index >= 15 is 0 Å². The molecule has 1 aliphatic heterocycles. The Hall–Kier alpha value is -1.71. The minimum atomic E-state index is 0.0121. The average Bonchev–Trinajstić information content (AvgIpc) is 2.88. The minimum Gasteiger partial charge on any atom is -0.382 e. The molecule has 2 N–H and O–H groups in total. The lowest BCUT2D eigenvalue weighted by atomic mass is 9.96. The SMILES string of the molecule is O=C1NCCN1c1cccc(NC2CCCCCCC2)c1. The van der Waals surface area contributed by atoms with E-state index in [1.165, 1.54) is 44.9 Å². The highest BCUT2D eigenvalue weighted by Crippen LogP contribution is 2.24. The lowest BCUT2D eigenvalue weighted by molar-refractivity contribution is 0.252. The number of nitrogens with zero attached hydrogens (tertiary/aromatic N) is 1. The Balaban J connectivity index is 1.66. The molecule has 0 aromatic heterocycles. The molecule has 2 fully saturated rings. The van der Waals surface area contributed by atoms with E-state index in [-0.39, 0.29) is 6.03 Å². The van der Waals surface area contributed by atoms with Gasteiger partial charge in [0.05, 0.1) is 0 Å². The molecule has 1 heterocycles. The molecule has 114 valence electrons. The Bertz CT molecular complexity index is 481. The highest BCUT2D eigenvalue weighted by atomic mass is 16.2. The Morgan fingerprint density at radius 2 is 1.86 bits per heavy atom. The van der Waals surface area contributed by atoms with Crippen LogP contribution in [0.25, 0.3) is 0 Å². The van der Waals surface area contributed by atoms with Crippen molar-refractivity contribution >= 4 is 17.4 Å². The van der Waals surface area contributed by atoms with Gasteiger partial charge in [-0.25, -0.2) is 4.79 Å². The van der Waals surface area contributed by atoms with Crippen molar-refractivity contribution in [3.8, 4) is 0 Å². The molecule has 0 spiro atoms. The van der Waals surface area contributed by atoms with E-state index in [2.05, 4.69) is 22.8 Å². The van der Waals surface area contributed by atoms with Gasteiger partial charge >= 0.3 is 6.03 Å². The molecule has 0 unspecified atom stereocenters. The normalized spacial score (nSPS) is 20.8. The number of carbonyl (C=O) groups is 1. The Labute approximate surface area is 126 Å². The number of rotatable bonds is 3. The van der Waals surface area contributed by atoms with Gasteiger partial charge in [-0.05, 0) is 31.0 Å². The molecule has 4 nitrogen and oxygen atoms in total. The van der Waals surface area contributed by atoms with Gasteiger partial charge in [-0.15, -0.1) is 0 Å². The van der Waals surface area contributed by atoms with Crippen molar-refractivity contribution in [3.63, 3.8) is 0 Å². The van der Waals surface area contributed by atoms with Gasteiger partial charge in [0.2, 0.25) is 0 Å². The summed E-state index contributed by atoms with van der Waals surface area (Å²) < 4.78 is 0. The monoisotopic (exact) mass is 287 g/mol. The lowest BCUT2D eigenvalue weighted by Gasteiger charge is -2.23. The van der Waals surface area contributed by atoms with E-state index in [0.29, 0.717) is 6.04 Å². The van der Waals surface area contributed by atoms with Crippen molar-refractivity contribution in [1.29, 1.82) is 0 Å². The Kier molecular flexibility index (Phi) is 4.63. The zero-order valence-electron chi connectivity index (χ0n) is 12.6. The van der Waals surface area contributed by atoms with Gasteiger partial charge in [-0.1, -0.05) is 38.2 Å². The molecule has 0 bridgehead atoms. The third-order valence-electron chi connectivity index (χ3n) is 4.49. The molecule has 4 heteroatoms. The van der Waals surface area contributed by atoms with Crippen LogP contribution in [0.4, 0.5) is 16.2 Å². The number of anilines is 2. The maximum absolute atomic E-state index is 11.8. The molecule has 0 atom stereocenters. The third-order valence-corrected chi connectivity index (χ3v) is 4.49. The predicted molar refractivity (Wildman–Crippen MR) is 86.9 cm³/mol. The summed E-state index contributed by atoms with van der Waals surface area (Å²) in [6.45, 7) is 1.49. The summed E-state index contributed by atoms with van der Waals surface area (Å²) in [4.78, 5) is 13.6. The topological polar surface area (TPSA) is 44.4 Å². The molecule has 1 saturated carbocycles. The summed E-state index contributed by atoms with van der Waals surface area (Å²) in [5.41, 5.74) is 2.12. The highest BCUT2D eigenvalue weighted by Gasteiger charge is 2.21. The molecule has 1 saturated heterocycles. The smallest absolute Gasteiger partial charge is 0.321 e. The van der Waals surface area contributed by atoms with Gasteiger partial charge in [0.1, 0.15) is 0 Å². The van der Waals surface area contributed by atoms with Crippen molar-refractivity contribution in [2.75, 3.05) is 23.3 Å². The van der Waals surface area contributed by atoms with Crippen molar-refractivity contribution < 1.29 is 4.79 Å². The summed E-state index contributed by atoms with van der Waals surface area (Å²) in [7, 11) is 0. The molecule has 1 aromatic carbocycles. The van der Waals surface area contributed by atoms with Gasteiger partial charge < -0.3 is 10.6 Å². The Morgan fingerprint density at radius 1 is 1.10 bits per heavy atom. The van der Waals surface area contributed by atoms with Crippen molar-refractivity contribution in [2.45, 2.75) is 51.0 Å². The molecule has 1 aromatic rings. The number of benzene rings is 1. The molecular weight excluding hydrogens is 262 g/mol. The number of hydrogen-bond acceptors (Lipinski definition) is 2. The van der Waals surface area contributed by atoms with Gasteiger partial charge in [-0.2, -0.15) is 0 Å². The van der Waals surface area contributed by atoms with Crippen LogP contribution < -0.4 is 15.5 Å². The largest absolute Gasteiger partial charge is 0.382 e. The predicted octanol–water partition coefficient (Wildman–Crippen LogP) is 3.74. The molecule has 1 aliphatic carbocycles. The fourth-order valence-electron chi connectivity index (χ4n) is 3.32. The van der Waals surface area contributed by atoms with Crippen LogP contribution in [0.3, 0.4) is 0 Å². The second-order valence-electron chi connectivity index (χ2n) is 6.12. The number of amides is 2. The van der Waals surface area contributed by atoms with Crippen LogP contribution >= 0.6 is 0 Å². The summed E-state index contributed by atoms with van der Waals surface area (Å²) in [6.07, 6.45) is 9.30. The molecule has 0 radical (unpaired) electrons. The highest BCUT2D eigenvalue weighted by molar-refractivity contribution is 5.94. The average molecular weight is 287 g/mol. The summed E-state index contributed by atoms with van der Waals surface area (Å²) in [5.74, 6) is 0. The molecule has 2 amide bonds. The number of carbonyl (C=O) groups excluding carboxylic acids is 1. The van der Waals surface area contributed by atoms with Crippen LogP contribution in [0.1, 0.15) is 44.9 Å². The van der Waals surface area contributed by atoms with Gasteiger partial charge in [-0.3, -0.25) is 4.90 Å². The van der Waals surface area contributed by atoms with E-state index in [1.54, 1.807) is 0 Å². The van der Waals surface area contributed by atoms with E-state index in [4.69, 9.17) is 0 Å². The molecular formula is C17H25N3O. The molecule has 2 aliphatic rings. The van der Waals surface area contributed by atoms with Crippen molar-refractivity contribution in [1.82, 2.24) is 5.32 Å². The first-order valence-corrected chi connectivity index (χ1v) is 8.25. The lowest BCUT2D eigenvalue weighted by Crippen LogP contribution is -2.27.